The van der Waals surface area contributed by atoms with Gasteiger partial charge in [0.15, 0.2) is 0 Å². The quantitative estimate of drug-likeness (QED) is 0.860. The Kier molecular flexibility index (Phi) is 2.99. The zero-order chi connectivity index (χ0) is 12.4. The molecule has 0 amide bonds. The second-order valence-corrected chi connectivity index (χ2v) is 4.79. The Labute approximate surface area is 107 Å². The molecule has 3 nitrogen and oxygen atoms in total. The van der Waals surface area contributed by atoms with Gasteiger partial charge in [-0.2, -0.15) is 0 Å². The first-order chi connectivity index (χ1) is 8.84. The molecule has 3 N–H and O–H groups in total. The third-order valence-corrected chi connectivity index (χ3v) is 3.50. The average Bonchev–Trinajstić information content (AvgIpc) is 3.18. The molecule has 0 spiro atoms. The Morgan fingerprint density at radius 3 is 2.78 bits per heavy atom. The molecule has 1 aliphatic carbocycles. The van der Waals surface area contributed by atoms with E-state index in [1.165, 1.54) is 12.0 Å². The average molecular weight is 239 g/mol. The minimum absolute atomic E-state index is 0.576. The molecule has 1 saturated carbocycles. The van der Waals surface area contributed by atoms with Gasteiger partial charge in [-0.05, 0) is 18.1 Å². The summed E-state index contributed by atoms with van der Waals surface area (Å²) in [6.07, 6.45) is 2.94. The molecule has 18 heavy (non-hydrogen) atoms. The van der Waals surface area contributed by atoms with Crippen molar-refractivity contribution < 1.29 is 0 Å². The first-order valence-electron chi connectivity index (χ1n) is 6.32. The Balaban J connectivity index is 1.56. The fourth-order valence-corrected chi connectivity index (χ4v) is 2.33. The number of hydrogen-bond acceptors (Lipinski definition) is 3. The first-order valence-corrected chi connectivity index (χ1v) is 6.32. The molecule has 3 rings (SSSR count). The van der Waals surface area contributed by atoms with Crippen molar-refractivity contribution >= 4 is 5.82 Å². The summed E-state index contributed by atoms with van der Waals surface area (Å²) in [5.74, 6) is 1.28. The molecule has 3 heteroatoms. The number of nitrogens with two attached hydrogens (primary N) is 1. The highest BCUT2D eigenvalue weighted by Crippen LogP contribution is 2.40. The molecule has 0 saturated heterocycles. The van der Waals surface area contributed by atoms with Crippen LogP contribution in [0, 0.1) is 0 Å². The van der Waals surface area contributed by atoms with Crippen molar-refractivity contribution in [3.63, 3.8) is 0 Å². The van der Waals surface area contributed by atoms with E-state index < -0.39 is 0 Å². The number of aromatic nitrogens is 1. The van der Waals surface area contributed by atoms with Gasteiger partial charge in [-0.15, -0.1) is 0 Å². The van der Waals surface area contributed by atoms with Crippen LogP contribution in [0.15, 0.2) is 48.7 Å². The van der Waals surface area contributed by atoms with E-state index in [1.807, 2.05) is 12.1 Å². The van der Waals surface area contributed by atoms with Crippen molar-refractivity contribution in [1.29, 1.82) is 0 Å². The van der Waals surface area contributed by atoms with E-state index in [1.54, 1.807) is 6.20 Å². The molecule has 2 aromatic rings. The normalized spacial score (nSPS) is 21.8. The number of nitrogen functional groups attached to an aromatic ring is 1. The van der Waals surface area contributed by atoms with Gasteiger partial charge in [-0.25, -0.2) is 4.98 Å². The van der Waals surface area contributed by atoms with Gasteiger partial charge in [0, 0.05) is 30.3 Å². The molecule has 1 heterocycles. The summed E-state index contributed by atoms with van der Waals surface area (Å²) in [5.41, 5.74) is 8.33. The largest absolute Gasteiger partial charge is 0.383 e. The summed E-state index contributed by atoms with van der Waals surface area (Å²) in [7, 11) is 0. The van der Waals surface area contributed by atoms with E-state index >= 15 is 0 Å². The van der Waals surface area contributed by atoms with Crippen molar-refractivity contribution in [1.82, 2.24) is 10.3 Å². The van der Waals surface area contributed by atoms with Crippen molar-refractivity contribution in [2.45, 2.75) is 24.9 Å². The molecular formula is C15H17N3. The van der Waals surface area contributed by atoms with Crippen LogP contribution in [-0.4, -0.2) is 11.0 Å². The molecule has 1 aromatic heterocycles. The lowest BCUT2D eigenvalue weighted by Gasteiger charge is -2.06. The monoisotopic (exact) mass is 239 g/mol. The van der Waals surface area contributed by atoms with Crippen LogP contribution in [0.25, 0.3) is 0 Å². The number of nitrogens with zero attached hydrogens (tertiary/aromatic N) is 1. The van der Waals surface area contributed by atoms with Gasteiger partial charge in [0.1, 0.15) is 5.82 Å². The highest BCUT2D eigenvalue weighted by Gasteiger charge is 2.37. The first kappa shape index (κ1) is 11.2. The number of anilines is 1. The molecular weight excluding hydrogens is 222 g/mol. The van der Waals surface area contributed by atoms with E-state index in [9.17, 15) is 0 Å². The molecule has 2 unspecified atom stereocenters. The third-order valence-electron chi connectivity index (χ3n) is 3.50. The summed E-state index contributed by atoms with van der Waals surface area (Å²) >= 11 is 0. The number of nitrogens with one attached hydrogen (secondary N) is 1. The smallest absolute Gasteiger partial charge is 0.127 e. The van der Waals surface area contributed by atoms with Gasteiger partial charge in [0.2, 0.25) is 0 Å². The molecule has 1 aromatic carbocycles. The topological polar surface area (TPSA) is 50.9 Å². The Morgan fingerprint density at radius 2 is 2.00 bits per heavy atom. The summed E-state index contributed by atoms with van der Waals surface area (Å²) in [5, 5.41) is 3.54. The third kappa shape index (κ3) is 2.36. The summed E-state index contributed by atoms with van der Waals surface area (Å²) in [4.78, 5) is 4.09. The van der Waals surface area contributed by atoms with E-state index in [4.69, 9.17) is 5.73 Å². The van der Waals surface area contributed by atoms with Gasteiger partial charge >= 0.3 is 0 Å². The zero-order valence-corrected chi connectivity index (χ0v) is 10.2. The van der Waals surface area contributed by atoms with Crippen molar-refractivity contribution in [3.8, 4) is 0 Å². The zero-order valence-electron chi connectivity index (χ0n) is 10.2. The molecule has 0 bridgehead atoms. The highest BCUT2D eigenvalue weighted by molar-refractivity contribution is 5.38. The van der Waals surface area contributed by atoms with E-state index in [0.29, 0.717) is 17.8 Å². The van der Waals surface area contributed by atoms with Crippen LogP contribution >= 0.6 is 0 Å². The van der Waals surface area contributed by atoms with Crippen LogP contribution in [-0.2, 0) is 6.54 Å². The van der Waals surface area contributed by atoms with Crippen molar-refractivity contribution in [2.24, 2.45) is 0 Å². The molecule has 0 radical (unpaired) electrons. The molecule has 1 aliphatic rings. The van der Waals surface area contributed by atoms with Crippen LogP contribution in [0.4, 0.5) is 5.82 Å². The predicted octanol–water partition coefficient (Wildman–Crippen LogP) is 2.31. The van der Waals surface area contributed by atoms with E-state index in [2.05, 4.69) is 40.6 Å². The van der Waals surface area contributed by atoms with Crippen LogP contribution < -0.4 is 11.1 Å². The SMILES string of the molecule is Nc1ncccc1CNC1CC1c1ccccc1. The Hall–Kier alpha value is -1.87. The number of benzene rings is 1. The summed E-state index contributed by atoms with van der Waals surface area (Å²) < 4.78 is 0. The maximum atomic E-state index is 5.82. The fraction of sp³-hybridized carbons (Fsp3) is 0.267. The standard InChI is InChI=1S/C15H17N3/c16-15-12(7-4-8-17-15)10-18-14-9-13(14)11-5-2-1-3-6-11/h1-8,13-14,18H,9-10H2,(H2,16,17). The molecule has 0 aliphatic heterocycles. The van der Waals surface area contributed by atoms with Crippen molar-refractivity contribution in [2.75, 3.05) is 5.73 Å². The molecule has 92 valence electrons. The lowest BCUT2D eigenvalue weighted by molar-refractivity contribution is 0.672. The number of pyridine rings is 1. The Morgan fingerprint density at radius 1 is 1.17 bits per heavy atom. The maximum Gasteiger partial charge on any atom is 0.127 e. The van der Waals surface area contributed by atoms with Gasteiger partial charge in [-0.1, -0.05) is 36.4 Å². The van der Waals surface area contributed by atoms with Gasteiger partial charge in [-0.3, -0.25) is 0 Å². The minimum Gasteiger partial charge on any atom is -0.383 e. The van der Waals surface area contributed by atoms with Gasteiger partial charge in [0.25, 0.3) is 0 Å². The number of hydrogen-bond donors (Lipinski definition) is 2. The highest BCUT2D eigenvalue weighted by atomic mass is 15.0. The molecule has 1 fully saturated rings. The second-order valence-electron chi connectivity index (χ2n) is 4.79. The predicted molar refractivity (Wildman–Crippen MR) is 73.1 cm³/mol. The van der Waals surface area contributed by atoms with Crippen LogP contribution in [0.3, 0.4) is 0 Å². The second kappa shape index (κ2) is 4.78. The van der Waals surface area contributed by atoms with E-state index in [-0.39, 0.29) is 0 Å². The van der Waals surface area contributed by atoms with Gasteiger partial charge < -0.3 is 11.1 Å². The minimum atomic E-state index is 0.576. The fourth-order valence-electron chi connectivity index (χ4n) is 2.33. The lowest BCUT2D eigenvalue weighted by atomic mass is 10.1. The van der Waals surface area contributed by atoms with Crippen LogP contribution in [0.1, 0.15) is 23.5 Å². The maximum absolute atomic E-state index is 5.82. The van der Waals surface area contributed by atoms with Crippen LogP contribution in [0.2, 0.25) is 0 Å². The van der Waals surface area contributed by atoms with Gasteiger partial charge in [0.05, 0.1) is 0 Å². The summed E-state index contributed by atoms with van der Waals surface area (Å²) in [6.45, 7) is 0.799. The van der Waals surface area contributed by atoms with Crippen molar-refractivity contribution in [3.05, 3.63) is 59.8 Å². The number of rotatable bonds is 4. The Bertz CT molecular complexity index is 524. The summed E-state index contributed by atoms with van der Waals surface area (Å²) in [6, 6.07) is 15.2. The molecule has 2 atom stereocenters. The van der Waals surface area contributed by atoms with Crippen LogP contribution in [0.5, 0.6) is 0 Å². The van der Waals surface area contributed by atoms with E-state index in [0.717, 1.165) is 12.1 Å². The lowest BCUT2D eigenvalue weighted by Crippen LogP contribution is -2.18.